The van der Waals surface area contributed by atoms with Gasteiger partial charge in [-0.1, -0.05) is 13.8 Å². The third-order valence-electron chi connectivity index (χ3n) is 5.39. The molecule has 12 nitrogen and oxygen atoms in total. The van der Waals surface area contributed by atoms with Gasteiger partial charge >= 0.3 is 5.97 Å². The molecule has 0 aromatic carbocycles. The highest BCUT2D eigenvalue weighted by atomic mass is 16.4. The minimum atomic E-state index is -1.20. The fraction of sp³-hybridized carbons (Fsp3) is 0.750. The first-order chi connectivity index (χ1) is 15.0. The molecule has 0 aromatic rings. The molecule has 0 saturated carbocycles. The molecule has 1 fully saturated rings. The number of likely N-dealkylation sites (tertiary alicyclic amines) is 1. The van der Waals surface area contributed by atoms with E-state index in [-0.39, 0.29) is 18.8 Å². The van der Waals surface area contributed by atoms with Gasteiger partial charge in [-0.25, -0.2) is 4.79 Å². The molecule has 0 radical (unpaired) electrons. The van der Waals surface area contributed by atoms with Crippen molar-refractivity contribution < 1.29 is 29.1 Å². The normalized spacial score (nSPS) is 18.7. The maximum Gasteiger partial charge on any atom is 0.326 e. The van der Waals surface area contributed by atoms with E-state index in [1.807, 2.05) is 0 Å². The topological polar surface area (TPSA) is 211 Å². The molecular weight excluding hydrogens is 420 g/mol. The molecule has 0 spiro atoms. The average molecular weight is 457 g/mol. The number of hydrogen-bond acceptors (Lipinski definition) is 7. The van der Waals surface area contributed by atoms with Crippen molar-refractivity contribution in [3.8, 4) is 0 Å². The summed E-state index contributed by atoms with van der Waals surface area (Å²) in [7, 11) is 0. The minimum Gasteiger partial charge on any atom is -0.480 e. The largest absolute Gasteiger partial charge is 0.480 e. The lowest BCUT2D eigenvalue weighted by atomic mass is 10.0. The molecule has 0 aliphatic carbocycles. The molecule has 1 aliphatic rings. The highest BCUT2D eigenvalue weighted by molar-refractivity contribution is 5.95. The molecule has 4 unspecified atom stereocenters. The Kier molecular flexibility index (Phi) is 11.1. The number of carboxylic acids is 1. The first-order valence-corrected chi connectivity index (χ1v) is 10.9. The van der Waals surface area contributed by atoms with E-state index in [2.05, 4.69) is 10.6 Å². The number of nitrogens with two attached hydrogens (primary N) is 3. The minimum absolute atomic E-state index is 0.277. The van der Waals surface area contributed by atoms with Crippen LogP contribution in [-0.4, -0.2) is 76.9 Å². The second-order valence-electron chi connectivity index (χ2n) is 8.38. The Balaban J connectivity index is 2.95. The number of primary amides is 1. The Bertz CT molecular complexity index is 700. The van der Waals surface area contributed by atoms with Crippen LogP contribution in [-0.2, 0) is 24.0 Å². The van der Waals surface area contributed by atoms with Crippen LogP contribution in [0.1, 0.15) is 52.4 Å². The van der Waals surface area contributed by atoms with Gasteiger partial charge in [-0.05, 0) is 44.6 Å². The smallest absolute Gasteiger partial charge is 0.326 e. The quantitative estimate of drug-likeness (QED) is 0.170. The highest BCUT2D eigenvalue weighted by Gasteiger charge is 2.39. The fourth-order valence-corrected chi connectivity index (χ4v) is 3.60. The second kappa shape index (κ2) is 13.0. The zero-order valence-electron chi connectivity index (χ0n) is 18.7. The van der Waals surface area contributed by atoms with Gasteiger partial charge in [-0.15, -0.1) is 0 Å². The fourth-order valence-electron chi connectivity index (χ4n) is 3.60. The first kappa shape index (κ1) is 27.3. The number of nitrogens with zero attached hydrogens (tertiary/aromatic N) is 1. The predicted molar refractivity (Wildman–Crippen MR) is 116 cm³/mol. The van der Waals surface area contributed by atoms with E-state index in [9.17, 15) is 29.1 Å². The van der Waals surface area contributed by atoms with Gasteiger partial charge in [-0.2, -0.15) is 0 Å². The standard InChI is InChI=1S/C20H36N6O6/c1-11(2)16(20(31)32)25-18(29)14-7-5-9-26(14)19(30)13(6-3-4-8-21)24-17(28)12(22)10-15(23)27/h11-14,16H,3-10,21-22H2,1-2H3,(H2,23,27)(H,24,28)(H,25,29)(H,31,32). The highest BCUT2D eigenvalue weighted by Crippen LogP contribution is 2.20. The Morgan fingerprint density at radius 3 is 2.31 bits per heavy atom. The van der Waals surface area contributed by atoms with E-state index in [1.54, 1.807) is 13.8 Å². The molecular formula is C20H36N6O6. The van der Waals surface area contributed by atoms with E-state index < -0.39 is 53.8 Å². The molecule has 1 rings (SSSR count). The summed E-state index contributed by atoms with van der Waals surface area (Å²) >= 11 is 0. The number of carboxylic acid groups (broad SMARTS) is 1. The molecule has 4 amide bonds. The number of carbonyl (C=O) groups excluding carboxylic acids is 4. The summed E-state index contributed by atoms with van der Waals surface area (Å²) in [6.45, 7) is 4.06. The summed E-state index contributed by atoms with van der Waals surface area (Å²) in [6, 6.07) is -4.07. The van der Waals surface area contributed by atoms with Crippen molar-refractivity contribution in [3.63, 3.8) is 0 Å². The van der Waals surface area contributed by atoms with Crippen molar-refractivity contribution in [1.82, 2.24) is 15.5 Å². The van der Waals surface area contributed by atoms with Crippen molar-refractivity contribution in [3.05, 3.63) is 0 Å². The first-order valence-electron chi connectivity index (χ1n) is 10.9. The molecule has 12 heteroatoms. The number of rotatable bonds is 13. The van der Waals surface area contributed by atoms with Gasteiger partial charge in [0.25, 0.3) is 0 Å². The second-order valence-corrected chi connectivity index (χ2v) is 8.38. The Labute approximate surface area is 187 Å². The van der Waals surface area contributed by atoms with Crippen LogP contribution < -0.4 is 27.8 Å². The van der Waals surface area contributed by atoms with Gasteiger partial charge in [0.2, 0.25) is 23.6 Å². The van der Waals surface area contributed by atoms with Crippen molar-refractivity contribution in [2.24, 2.45) is 23.1 Å². The van der Waals surface area contributed by atoms with Crippen LogP contribution in [0.3, 0.4) is 0 Å². The molecule has 9 N–H and O–H groups in total. The number of aliphatic carboxylic acids is 1. The van der Waals surface area contributed by atoms with E-state index in [1.165, 1.54) is 4.90 Å². The van der Waals surface area contributed by atoms with Crippen molar-refractivity contribution >= 4 is 29.6 Å². The van der Waals surface area contributed by atoms with E-state index in [0.29, 0.717) is 38.8 Å². The summed E-state index contributed by atoms with van der Waals surface area (Å²) in [5.74, 6) is -3.93. The van der Waals surface area contributed by atoms with Gasteiger partial charge < -0.3 is 37.8 Å². The summed E-state index contributed by atoms with van der Waals surface area (Å²) < 4.78 is 0. The zero-order valence-corrected chi connectivity index (χ0v) is 18.7. The van der Waals surface area contributed by atoms with Gasteiger partial charge in [0.1, 0.15) is 18.1 Å². The summed E-state index contributed by atoms with van der Waals surface area (Å²) in [5.41, 5.74) is 16.3. The third kappa shape index (κ3) is 8.08. The maximum absolute atomic E-state index is 13.2. The Morgan fingerprint density at radius 2 is 1.78 bits per heavy atom. The third-order valence-corrected chi connectivity index (χ3v) is 5.39. The SMILES string of the molecule is CC(C)C(NC(=O)C1CCCN1C(=O)C(CCCCN)NC(=O)C(N)CC(N)=O)C(=O)O. The molecule has 0 aromatic heterocycles. The van der Waals surface area contributed by atoms with Crippen LogP contribution in [0.25, 0.3) is 0 Å². The van der Waals surface area contributed by atoms with Gasteiger partial charge in [0.15, 0.2) is 0 Å². The molecule has 1 aliphatic heterocycles. The molecule has 182 valence electrons. The molecule has 32 heavy (non-hydrogen) atoms. The molecule has 1 heterocycles. The number of amides is 4. The summed E-state index contributed by atoms with van der Waals surface area (Å²) in [4.78, 5) is 62.2. The number of carbonyl (C=O) groups is 5. The monoisotopic (exact) mass is 456 g/mol. The van der Waals surface area contributed by atoms with Crippen LogP contribution in [0.4, 0.5) is 0 Å². The van der Waals surface area contributed by atoms with E-state index in [4.69, 9.17) is 17.2 Å². The molecule has 1 saturated heterocycles. The predicted octanol–water partition coefficient (Wildman–Crippen LogP) is -1.98. The average Bonchev–Trinajstić information content (AvgIpc) is 3.19. The van der Waals surface area contributed by atoms with Gasteiger partial charge in [-0.3, -0.25) is 19.2 Å². The van der Waals surface area contributed by atoms with Crippen molar-refractivity contribution in [1.29, 1.82) is 0 Å². The molecule has 4 atom stereocenters. The Hall–Kier alpha value is -2.73. The number of hydrogen-bond donors (Lipinski definition) is 6. The van der Waals surface area contributed by atoms with E-state index in [0.717, 1.165) is 0 Å². The van der Waals surface area contributed by atoms with Crippen molar-refractivity contribution in [2.45, 2.75) is 76.5 Å². The van der Waals surface area contributed by atoms with Crippen LogP contribution in [0.5, 0.6) is 0 Å². The van der Waals surface area contributed by atoms with Crippen molar-refractivity contribution in [2.75, 3.05) is 13.1 Å². The summed E-state index contributed by atoms with van der Waals surface area (Å²) in [6.07, 6.45) is 2.04. The lowest BCUT2D eigenvalue weighted by Crippen LogP contribution is -2.57. The van der Waals surface area contributed by atoms with E-state index >= 15 is 0 Å². The maximum atomic E-state index is 13.2. The van der Waals surface area contributed by atoms with Crippen LogP contribution in [0.15, 0.2) is 0 Å². The van der Waals surface area contributed by atoms with Gasteiger partial charge in [0.05, 0.1) is 12.5 Å². The van der Waals surface area contributed by atoms with Crippen LogP contribution in [0, 0.1) is 5.92 Å². The lowest BCUT2D eigenvalue weighted by molar-refractivity contribution is -0.145. The Morgan fingerprint density at radius 1 is 1.12 bits per heavy atom. The summed E-state index contributed by atoms with van der Waals surface area (Å²) in [5, 5.41) is 14.4. The number of nitrogens with one attached hydrogen (secondary N) is 2. The number of unbranched alkanes of at least 4 members (excludes halogenated alkanes) is 1. The zero-order chi connectivity index (χ0) is 24.4. The van der Waals surface area contributed by atoms with Gasteiger partial charge in [0, 0.05) is 6.54 Å². The van der Waals surface area contributed by atoms with Crippen LogP contribution in [0.2, 0.25) is 0 Å². The molecule has 0 bridgehead atoms. The lowest BCUT2D eigenvalue weighted by Gasteiger charge is -2.30. The van der Waals surface area contributed by atoms with Crippen LogP contribution >= 0.6 is 0 Å².